The molecule has 0 aliphatic rings. The number of carbonyl (C=O) groups is 1. The summed E-state index contributed by atoms with van der Waals surface area (Å²) in [6.45, 7) is 0.177. The van der Waals surface area contributed by atoms with Gasteiger partial charge in [0.1, 0.15) is 11.5 Å². The lowest BCUT2D eigenvalue weighted by atomic mass is 10.2. The van der Waals surface area contributed by atoms with E-state index in [0.29, 0.717) is 11.3 Å². The van der Waals surface area contributed by atoms with Gasteiger partial charge < -0.3 is 14.8 Å². The summed E-state index contributed by atoms with van der Waals surface area (Å²) in [6, 6.07) is 6.30. The summed E-state index contributed by atoms with van der Waals surface area (Å²) in [6.07, 6.45) is -1.65. The zero-order valence-electron chi connectivity index (χ0n) is 12.1. The van der Waals surface area contributed by atoms with Crippen LogP contribution in [0.1, 0.15) is 15.9 Å². The van der Waals surface area contributed by atoms with E-state index in [0.717, 1.165) is 12.1 Å². The quantitative estimate of drug-likeness (QED) is 0.918. The van der Waals surface area contributed by atoms with Gasteiger partial charge in [-0.25, -0.2) is 0 Å². The maximum Gasteiger partial charge on any atom is 0.573 e. The average Bonchev–Trinajstić information content (AvgIpc) is 2.52. The lowest BCUT2D eigenvalue weighted by molar-refractivity contribution is -0.274. The van der Waals surface area contributed by atoms with Gasteiger partial charge in [-0.05, 0) is 30.3 Å². The van der Waals surface area contributed by atoms with E-state index >= 15 is 0 Å². The highest BCUT2D eigenvalue weighted by molar-refractivity contribution is 5.94. The highest BCUT2D eigenvalue weighted by Gasteiger charge is 2.31. The number of ether oxygens (including phenoxy) is 2. The molecule has 0 bridgehead atoms. The largest absolute Gasteiger partial charge is 0.573 e. The van der Waals surface area contributed by atoms with Crippen LogP contribution in [-0.4, -0.2) is 24.4 Å². The molecule has 0 radical (unpaired) electrons. The van der Waals surface area contributed by atoms with E-state index in [1.807, 2.05) is 0 Å². The molecule has 0 spiro atoms. The van der Waals surface area contributed by atoms with Crippen LogP contribution in [-0.2, 0) is 6.54 Å². The molecule has 1 N–H and O–H groups in total. The molecule has 0 saturated carbocycles. The summed E-state index contributed by atoms with van der Waals surface area (Å²) in [7, 11) is 1.50. The van der Waals surface area contributed by atoms with Gasteiger partial charge in [0.2, 0.25) is 0 Å². The molecule has 0 saturated heterocycles. The van der Waals surface area contributed by atoms with E-state index in [2.05, 4.69) is 15.0 Å². The lowest BCUT2D eigenvalue weighted by Gasteiger charge is -2.10. The molecule has 1 amide bonds. The Morgan fingerprint density at radius 1 is 1.22 bits per heavy atom. The molecule has 1 aromatic heterocycles. The van der Waals surface area contributed by atoms with Crippen LogP contribution in [0.25, 0.3) is 0 Å². The summed E-state index contributed by atoms with van der Waals surface area (Å²) >= 11 is 0. The molecule has 2 rings (SSSR count). The number of alkyl halides is 3. The monoisotopic (exact) mass is 326 g/mol. The van der Waals surface area contributed by atoms with Gasteiger partial charge in [-0.15, -0.1) is 13.2 Å². The van der Waals surface area contributed by atoms with Crippen LogP contribution in [0.2, 0.25) is 0 Å². The first-order valence-electron chi connectivity index (χ1n) is 6.50. The van der Waals surface area contributed by atoms with Gasteiger partial charge in [-0.3, -0.25) is 9.78 Å². The molecule has 0 unspecified atom stereocenters. The first-order valence-corrected chi connectivity index (χ1v) is 6.50. The van der Waals surface area contributed by atoms with Crippen LogP contribution in [0.3, 0.4) is 0 Å². The SMILES string of the molecule is COc1ccncc1CNC(=O)c1ccc(OC(F)(F)F)cc1. The second kappa shape index (κ2) is 6.99. The predicted molar refractivity (Wildman–Crippen MR) is 75.1 cm³/mol. The minimum Gasteiger partial charge on any atom is -0.496 e. The average molecular weight is 326 g/mol. The first kappa shape index (κ1) is 16.6. The van der Waals surface area contributed by atoms with Crippen LogP contribution in [0.5, 0.6) is 11.5 Å². The fourth-order valence-electron chi connectivity index (χ4n) is 1.83. The van der Waals surface area contributed by atoms with Crippen molar-refractivity contribution < 1.29 is 27.4 Å². The molecule has 0 fully saturated rings. The highest BCUT2D eigenvalue weighted by Crippen LogP contribution is 2.22. The number of hydrogen-bond acceptors (Lipinski definition) is 4. The van der Waals surface area contributed by atoms with Crippen molar-refractivity contribution in [2.75, 3.05) is 7.11 Å². The van der Waals surface area contributed by atoms with Crippen molar-refractivity contribution in [2.24, 2.45) is 0 Å². The lowest BCUT2D eigenvalue weighted by Crippen LogP contribution is -2.23. The number of hydrogen-bond donors (Lipinski definition) is 1. The van der Waals surface area contributed by atoms with Gasteiger partial charge in [0.05, 0.1) is 7.11 Å². The summed E-state index contributed by atoms with van der Waals surface area (Å²) < 4.78 is 45.1. The number of rotatable bonds is 5. The van der Waals surface area contributed by atoms with Gasteiger partial charge >= 0.3 is 6.36 Å². The summed E-state index contributed by atoms with van der Waals surface area (Å²) in [5, 5.41) is 2.64. The second-order valence-electron chi connectivity index (χ2n) is 4.44. The molecule has 5 nitrogen and oxygen atoms in total. The Balaban J connectivity index is 1.98. The molecule has 0 aliphatic carbocycles. The van der Waals surface area contributed by atoms with Crippen molar-refractivity contribution in [3.8, 4) is 11.5 Å². The summed E-state index contributed by atoms with van der Waals surface area (Å²) in [5.41, 5.74) is 0.891. The molecule has 23 heavy (non-hydrogen) atoms. The number of amides is 1. The molecule has 1 heterocycles. The Bertz CT molecular complexity index is 672. The topological polar surface area (TPSA) is 60.5 Å². The van der Waals surface area contributed by atoms with Crippen molar-refractivity contribution in [3.05, 3.63) is 53.9 Å². The van der Waals surface area contributed by atoms with Gasteiger partial charge in [-0.1, -0.05) is 0 Å². The molecule has 122 valence electrons. The number of benzene rings is 1. The zero-order chi connectivity index (χ0) is 16.9. The van der Waals surface area contributed by atoms with Crippen LogP contribution in [0, 0.1) is 0 Å². The van der Waals surface area contributed by atoms with E-state index in [1.165, 1.54) is 19.2 Å². The number of halogens is 3. The Morgan fingerprint density at radius 2 is 1.91 bits per heavy atom. The zero-order valence-corrected chi connectivity index (χ0v) is 12.1. The first-order chi connectivity index (χ1) is 10.9. The second-order valence-corrected chi connectivity index (χ2v) is 4.44. The Hall–Kier alpha value is -2.77. The van der Waals surface area contributed by atoms with Crippen LogP contribution in [0.15, 0.2) is 42.7 Å². The third-order valence-electron chi connectivity index (χ3n) is 2.87. The molecule has 1 aromatic carbocycles. The predicted octanol–water partition coefficient (Wildman–Crippen LogP) is 2.92. The minimum absolute atomic E-state index is 0.177. The van der Waals surface area contributed by atoms with E-state index in [-0.39, 0.29) is 17.9 Å². The minimum atomic E-state index is -4.76. The third-order valence-corrected chi connectivity index (χ3v) is 2.87. The number of nitrogens with zero attached hydrogens (tertiary/aromatic N) is 1. The standard InChI is InChI=1S/C15H13F3N2O3/c1-22-13-6-7-19-8-11(13)9-20-14(21)10-2-4-12(5-3-10)23-15(16,17)18/h2-8H,9H2,1H3,(H,20,21). The Labute approximate surface area is 130 Å². The van der Waals surface area contributed by atoms with Gasteiger partial charge in [0.25, 0.3) is 5.91 Å². The fourth-order valence-corrected chi connectivity index (χ4v) is 1.83. The molecule has 0 atom stereocenters. The number of carbonyl (C=O) groups excluding carboxylic acids is 1. The van der Waals surface area contributed by atoms with Crippen LogP contribution >= 0.6 is 0 Å². The van der Waals surface area contributed by atoms with Crippen molar-refractivity contribution in [3.63, 3.8) is 0 Å². The van der Waals surface area contributed by atoms with Gasteiger partial charge in [0, 0.05) is 30.1 Å². The number of nitrogens with one attached hydrogen (secondary N) is 1. The van der Waals surface area contributed by atoms with E-state index in [9.17, 15) is 18.0 Å². The van der Waals surface area contributed by atoms with Crippen LogP contribution in [0.4, 0.5) is 13.2 Å². The van der Waals surface area contributed by atoms with E-state index in [1.54, 1.807) is 18.5 Å². The number of aromatic nitrogens is 1. The summed E-state index contributed by atoms with van der Waals surface area (Å²) in [4.78, 5) is 15.9. The Morgan fingerprint density at radius 3 is 2.52 bits per heavy atom. The van der Waals surface area contributed by atoms with Crippen molar-refractivity contribution >= 4 is 5.91 Å². The maximum absolute atomic E-state index is 12.1. The van der Waals surface area contributed by atoms with Crippen molar-refractivity contribution in [2.45, 2.75) is 12.9 Å². The maximum atomic E-state index is 12.1. The normalized spacial score (nSPS) is 11.0. The van der Waals surface area contributed by atoms with Crippen molar-refractivity contribution in [1.29, 1.82) is 0 Å². The molecular formula is C15H13F3N2O3. The van der Waals surface area contributed by atoms with Gasteiger partial charge in [-0.2, -0.15) is 0 Å². The van der Waals surface area contributed by atoms with E-state index < -0.39 is 12.3 Å². The molecule has 0 aliphatic heterocycles. The Kier molecular flexibility index (Phi) is 5.05. The molecule has 2 aromatic rings. The van der Waals surface area contributed by atoms with Crippen LogP contribution < -0.4 is 14.8 Å². The van der Waals surface area contributed by atoms with Gasteiger partial charge in [0.15, 0.2) is 0 Å². The number of pyridine rings is 1. The smallest absolute Gasteiger partial charge is 0.496 e. The molecule has 8 heteroatoms. The van der Waals surface area contributed by atoms with Crippen molar-refractivity contribution in [1.82, 2.24) is 10.3 Å². The third kappa shape index (κ3) is 4.87. The number of methoxy groups -OCH3 is 1. The van der Waals surface area contributed by atoms with E-state index in [4.69, 9.17) is 4.74 Å². The fraction of sp³-hybridized carbons (Fsp3) is 0.200. The summed E-state index contributed by atoms with van der Waals surface area (Å²) in [5.74, 6) is -0.244. The molecular weight excluding hydrogens is 313 g/mol. The highest BCUT2D eigenvalue weighted by atomic mass is 19.4.